The number of nitrogens with zero attached hydrogens (tertiary/aromatic N) is 1. The highest BCUT2D eigenvalue weighted by Gasteiger charge is 1.99. The Morgan fingerprint density at radius 2 is 1.94 bits per heavy atom. The van der Waals surface area contributed by atoms with Crippen molar-refractivity contribution < 1.29 is 5.11 Å². The summed E-state index contributed by atoms with van der Waals surface area (Å²) in [5, 5.41) is 11.9. The fraction of sp³-hybridized carbons (Fsp3) is 0.154. The van der Waals surface area contributed by atoms with Crippen molar-refractivity contribution >= 4 is 5.69 Å². The van der Waals surface area contributed by atoms with E-state index >= 15 is 0 Å². The minimum atomic E-state index is 0.128. The second-order valence-electron chi connectivity index (χ2n) is 3.45. The van der Waals surface area contributed by atoms with Crippen LogP contribution in [0.25, 0.3) is 11.3 Å². The van der Waals surface area contributed by atoms with Crippen LogP contribution in [0.5, 0.6) is 0 Å². The van der Waals surface area contributed by atoms with E-state index in [-0.39, 0.29) is 6.61 Å². The van der Waals surface area contributed by atoms with Crippen molar-refractivity contribution in [3.63, 3.8) is 0 Å². The van der Waals surface area contributed by atoms with E-state index in [1.807, 2.05) is 42.5 Å². The molecule has 0 radical (unpaired) electrons. The third kappa shape index (κ3) is 2.58. The molecule has 2 aromatic rings. The van der Waals surface area contributed by atoms with Crippen molar-refractivity contribution in [2.45, 2.75) is 0 Å². The Morgan fingerprint density at radius 1 is 1.12 bits per heavy atom. The first-order valence-electron chi connectivity index (χ1n) is 5.26. The fourth-order valence-electron chi connectivity index (χ4n) is 1.51. The molecule has 0 aliphatic carbocycles. The van der Waals surface area contributed by atoms with Crippen molar-refractivity contribution in [1.82, 2.24) is 4.98 Å². The Kier molecular flexibility index (Phi) is 3.51. The third-order valence-electron chi connectivity index (χ3n) is 2.27. The van der Waals surface area contributed by atoms with Crippen molar-refractivity contribution in [2.75, 3.05) is 18.5 Å². The third-order valence-corrected chi connectivity index (χ3v) is 2.27. The van der Waals surface area contributed by atoms with E-state index in [0.29, 0.717) is 6.54 Å². The average molecular weight is 214 g/mol. The van der Waals surface area contributed by atoms with Gasteiger partial charge in [-0.25, -0.2) is 0 Å². The molecule has 2 N–H and O–H groups in total. The van der Waals surface area contributed by atoms with E-state index in [4.69, 9.17) is 5.11 Å². The summed E-state index contributed by atoms with van der Waals surface area (Å²) in [5.74, 6) is 0. The van der Waals surface area contributed by atoms with Gasteiger partial charge < -0.3 is 10.4 Å². The number of hydrogen-bond donors (Lipinski definition) is 2. The zero-order chi connectivity index (χ0) is 11.2. The van der Waals surface area contributed by atoms with E-state index in [1.165, 1.54) is 0 Å². The van der Waals surface area contributed by atoms with E-state index in [2.05, 4.69) is 10.3 Å². The summed E-state index contributed by atoms with van der Waals surface area (Å²) in [6, 6.07) is 13.9. The van der Waals surface area contributed by atoms with Crippen molar-refractivity contribution in [2.24, 2.45) is 0 Å². The second-order valence-corrected chi connectivity index (χ2v) is 3.45. The van der Waals surface area contributed by atoms with Gasteiger partial charge in [0, 0.05) is 24.0 Å². The van der Waals surface area contributed by atoms with Crippen LogP contribution in [0, 0.1) is 0 Å². The van der Waals surface area contributed by atoms with Gasteiger partial charge in [-0.3, -0.25) is 4.98 Å². The van der Waals surface area contributed by atoms with Gasteiger partial charge in [0.2, 0.25) is 0 Å². The Balaban J connectivity index is 2.22. The standard InChI is InChI=1S/C13H14N2O/c16-9-8-14-12-6-7-15-13(10-12)11-4-2-1-3-5-11/h1-7,10,16H,8-9H2,(H,14,15). The normalized spacial score (nSPS) is 10.1. The van der Waals surface area contributed by atoms with Crippen LogP contribution in [0.2, 0.25) is 0 Å². The van der Waals surface area contributed by atoms with Crippen LogP contribution in [0.3, 0.4) is 0 Å². The first-order valence-corrected chi connectivity index (χ1v) is 5.26. The van der Waals surface area contributed by atoms with E-state index in [0.717, 1.165) is 16.9 Å². The van der Waals surface area contributed by atoms with Gasteiger partial charge in [0.15, 0.2) is 0 Å². The van der Waals surface area contributed by atoms with Crippen LogP contribution in [0.15, 0.2) is 48.7 Å². The molecular formula is C13H14N2O. The van der Waals surface area contributed by atoms with Gasteiger partial charge in [0.1, 0.15) is 0 Å². The van der Waals surface area contributed by atoms with Crippen LogP contribution in [0.4, 0.5) is 5.69 Å². The summed E-state index contributed by atoms with van der Waals surface area (Å²) in [7, 11) is 0. The quantitative estimate of drug-likeness (QED) is 0.819. The molecule has 0 atom stereocenters. The molecule has 0 spiro atoms. The molecule has 1 aromatic heterocycles. The van der Waals surface area contributed by atoms with Gasteiger partial charge in [-0.2, -0.15) is 0 Å². The van der Waals surface area contributed by atoms with Gasteiger partial charge in [-0.15, -0.1) is 0 Å². The molecule has 0 saturated carbocycles. The summed E-state index contributed by atoms with van der Waals surface area (Å²) in [6.07, 6.45) is 1.77. The molecule has 0 unspecified atom stereocenters. The van der Waals surface area contributed by atoms with Gasteiger partial charge in [0.25, 0.3) is 0 Å². The molecule has 82 valence electrons. The molecule has 0 saturated heterocycles. The monoisotopic (exact) mass is 214 g/mol. The lowest BCUT2D eigenvalue weighted by Crippen LogP contribution is -2.05. The van der Waals surface area contributed by atoms with Crippen LogP contribution in [-0.2, 0) is 0 Å². The number of hydrogen-bond acceptors (Lipinski definition) is 3. The number of aliphatic hydroxyl groups is 1. The van der Waals surface area contributed by atoms with Crippen LogP contribution in [-0.4, -0.2) is 23.2 Å². The average Bonchev–Trinajstić information content (AvgIpc) is 2.38. The van der Waals surface area contributed by atoms with Crippen molar-refractivity contribution in [3.05, 3.63) is 48.7 Å². The number of anilines is 1. The molecule has 0 aliphatic rings. The highest BCUT2D eigenvalue weighted by Crippen LogP contribution is 2.19. The number of nitrogens with one attached hydrogen (secondary N) is 1. The summed E-state index contributed by atoms with van der Waals surface area (Å²) >= 11 is 0. The molecule has 3 heteroatoms. The van der Waals surface area contributed by atoms with Crippen LogP contribution < -0.4 is 5.32 Å². The molecule has 0 amide bonds. The lowest BCUT2D eigenvalue weighted by Gasteiger charge is -2.06. The van der Waals surface area contributed by atoms with Gasteiger partial charge >= 0.3 is 0 Å². The van der Waals surface area contributed by atoms with Gasteiger partial charge in [-0.05, 0) is 12.1 Å². The molecule has 2 rings (SSSR count). The second kappa shape index (κ2) is 5.28. The SMILES string of the molecule is OCCNc1ccnc(-c2ccccc2)c1. The Morgan fingerprint density at radius 3 is 2.69 bits per heavy atom. The lowest BCUT2D eigenvalue weighted by atomic mass is 10.1. The lowest BCUT2D eigenvalue weighted by molar-refractivity contribution is 0.311. The van der Waals surface area contributed by atoms with Crippen molar-refractivity contribution in [3.8, 4) is 11.3 Å². The molecule has 0 aliphatic heterocycles. The number of rotatable bonds is 4. The smallest absolute Gasteiger partial charge is 0.0722 e. The predicted molar refractivity (Wildman–Crippen MR) is 65.2 cm³/mol. The summed E-state index contributed by atoms with van der Waals surface area (Å²) in [5.41, 5.74) is 3.00. The van der Waals surface area contributed by atoms with E-state index < -0.39 is 0 Å². The maximum atomic E-state index is 8.74. The van der Waals surface area contributed by atoms with Crippen LogP contribution in [0.1, 0.15) is 0 Å². The predicted octanol–water partition coefficient (Wildman–Crippen LogP) is 2.15. The number of benzene rings is 1. The molecule has 0 bridgehead atoms. The molecule has 0 fully saturated rings. The van der Waals surface area contributed by atoms with Gasteiger partial charge in [-0.1, -0.05) is 30.3 Å². The number of aromatic nitrogens is 1. The fourth-order valence-corrected chi connectivity index (χ4v) is 1.51. The minimum Gasteiger partial charge on any atom is -0.395 e. The maximum absolute atomic E-state index is 8.74. The minimum absolute atomic E-state index is 0.128. The zero-order valence-electron chi connectivity index (χ0n) is 8.93. The highest BCUT2D eigenvalue weighted by atomic mass is 16.3. The van der Waals surface area contributed by atoms with Crippen LogP contribution >= 0.6 is 0 Å². The largest absolute Gasteiger partial charge is 0.395 e. The number of aliphatic hydroxyl groups excluding tert-OH is 1. The molecule has 1 aromatic carbocycles. The summed E-state index contributed by atoms with van der Waals surface area (Å²) in [6.45, 7) is 0.682. The molecule has 3 nitrogen and oxygen atoms in total. The van der Waals surface area contributed by atoms with E-state index in [9.17, 15) is 0 Å². The molecular weight excluding hydrogens is 200 g/mol. The number of pyridine rings is 1. The molecule has 16 heavy (non-hydrogen) atoms. The maximum Gasteiger partial charge on any atom is 0.0722 e. The summed E-state index contributed by atoms with van der Waals surface area (Å²) in [4.78, 5) is 4.32. The molecule has 1 heterocycles. The zero-order valence-corrected chi connectivity index (χ0v) is 8.93. The Hall–Kier alpha value is -1.87. The first kappa shape index (κ1) is 10.6. The topological polar surface area (TPSA) is 45.1 Å². The van der Waals surface area contributed by atoms with Crippen molar-refractivity contribution in [1.29, 1.82) is 0 Å². The Labute approximate surface area is 94.8 Å². The Bertz CT molecular complexity index is 443. The summed E-state index contributed by atoms with van der Waals surface area (Å²) < 4.78 is 0. The first-order chi connectivity index (χ1) is 7.90. The van der Waals surface area contributed by atoms with Gasteiger partial charge in [0.05, 0.1) is 12.3 Å². The van der Waals surface area contributed by atoms with E-state index in [1.54, 1.807) is 6.20 Å². The highest BCUT2D eigenvalue weighted by molar-refractivity contribution is 5.63.